The fourth-order valence-electron chi connectivity index (χ4n) is 5.05. The maximum absolute atomic E-state index is 13.2. The standard InChI is InChI=1S/C27H33N3O2/c1-20(2)28-14-11-23(12-15-28)32-24-8-9-25-22(18-24)19-26-27(31)29(16-17-30(25)26)13-10-21-6-4-3-5-7-21/h3-9,18-20,23H,10-17H2,1-2H3. The zero-order chi connectivity index (χ0) is 22.1. The van der Waals surface area contributed by atoms with Gasteiger partial charge in [0.25, 0.3) is 5.91 Å². The maximum Gasteiger partial charge on any atom is 0.270 e. The lowest BCUT2D eigenvalue weighted by Gasteiger charge is -2.34. The van der Waals surface area contributed by atoms with E-state index in [1.807, 2.05) is 17.0 Å². The first kappa shape index (κ1) is 21.1. The molecule has 3 aromatic rings. The number of piperidine rings is 1. The smallest absolute Gasteiger partial charge is 0.270 e. The van der Waals surface area contributed by atoms with Crippen molar-refractivity contribution in [1.29, 1.82) is 0 Å². The molecule has 2 aromatic carbocycles. The number of carbonyl (C=O) groups is 1. The Morgan fingerprint density at radius 1 is 0.969 bits per heavy atom. The molecule has 1 amide bonds. The van der Waals surface area contributed by atoms with Crippen LogP contribution in [0, 0.1) is 0 Å². The molecule has 0 aliphatic carbocycles. The minimum atomic E-state index is 0.131. The first-order valence-electron chi connectivity index (χ1n) is 12.0. The second-order valence-electron chi connectivity index (χ2n) is 9.38. The Morgan fingerprint density at radius 2 is 1.75 bits per heavy atom. The molecule has 5 heteroatoms. The summed E-state index contributed by atoms with van der Waals surface area (Å²) in [5, 5.41) is 1.09. The monoisotopic (exact) mass is 431 g/mol. The Kier molecular flexibility index (Phi) is 5.92. The van der Waals surface area contributed by atoms with Gasteiger partial charge >= 0.3 is 0 Å². The summed E-state index contributed by atoms with van der Waals surface area (Å²) in [6.45, 7) is 9.06. The lowest BCUT2D eigenvalue weighted by Crippen LogP contribution is -2.41. The SMILES string of the molecule is CC(C)N1CCC(Oc2ccc3c(c2)cc2n3CCN(CCc3ccccc3)C2=O)CC1. The highest BCUT2D eigenvalue weighted by molar-refractivity contribution is 5.99. The lowest BCUT2D eigenvalue weighted by molar-refractivity contribution is 0.0709. The van der Waals surface area contributed by atoms with Gasteiger partial charge in [0, 0.05) is 49.7 Å². The number of benzene rings is 2. The predicted molar refractivity (Wildman–Crippen MR) is 128 cm³/mol. The zero-order valence-corrected chi connectivity index (χ0v) is 19.2. The molecule has 2 aliphatic heterocycles. The van der Waals surface area contributed by atoms with Crippen LogP contribution >= 0.6 is 0 Å². The number of amides is 1. The van der Waals surface area contributed by atoms with Gasteiger partial charge in [-0.2, -0.15) is 0 Å². The summed E-state index contributed by atoms with van der Waals surface area (Å²) in [4.78, 5) is 17.7. The zero-order valence-electron chi connectivity index (χ0n) is 19.2. The van der Waals surface area contributed by atoms with Crippen molar-refractivity contribution in [3.05, 3.63) is 65.9 Å². The molecular formula is C27H33N3O2. The van der Waals surface area contributed by atoms with Crippen molar-refractivity contribution in [3.8, 4) is 5.75 Å². The molecule has 5 rings (SSSR count). The highest BCUT2D eigenvalue weighted by Crippen LogP contribution is 2.29. The van der Waals surface area contributed by atoms with Gasteiger partial charge in [-0.3, -0.25) is 4.79 Å². The molecule has 32 heavy (non-hydrogen) atoms. The summed E-state index contributed by atoms with van der Waals surface area (Å²) in [5.74, 6) is 1.05. The van der Waals surface area contributed by atoms with Gasteiger partial charge in [-0.25, -0.2) is 0 Å². The topological polar surface area (TPSA) is 37.7 Å². The van der Waals surface area contributed by atoms with E-state index in [9.17, 15) is 4.79 Å². The van der Waals surface area contributed by atoms with Crippen LogP contribution in [-0.2, 0) is 13.0 Å². The van der Waals surface area contributed by atoms with E-state index in [0.717, 1.165) is 74.3 Å². The van der Waals surface area contributed by atoms with Crippen molar-refractivity contribution < 1.29 is 9.53 Å². The van der Waals surface area contributed by atoms with Gasteiger partial charge in [-0.05, 0) is 62.9 Å². The van der Waals surface area contributed by atoms with E-state index < -0.39 is 0 Å². The molecule has 3 heterocycles. The molecule has 0 N–H and O–H groups in total. The first-order chi connectivity index (χ1) is 15.6. The average molecular weight is 432 g/mol. The molecule has 168 valence electrons. The van der Waals surface area contributed by atoms with Crippen molar-refractivity contribution in [1.82, 2.24) is 14.4 Å². The number of hydrogen-bond donors (Lipinski definition) is 0. The first-order valence-corrected chi connectivity index (χ1v) is 12.0. The van der Waals surface area contributed by atoms with Crippen molar-refractivity contribution in [2.75, 3.05) is 26.2 Å². The van der Waals surface area contributed by atoms with Gasteiger partial charge in [0.2, 0.25) is 0 Å². The molecule has 1 saturated heterocycles. The van der Waals surface area contributed by atoms with Crippen LogP contribution in [0.2, 0.25) is 0 Å². The van der Waals surface area contributed by atoms with Gasteiger partial charge in [0.15, 0.2) is 0 Å². The molecular weight excluding hydrogens is 398 g/mol. The quantitative estimate of drug-likeness (QED) is 0.573. The van der Waals surface area contributed by atoms with Crippen molar-refractivity contribution in [3.63, 3.8) is 0 Å². The summed E-state index contributed by atoms with van der Waals surface area (Å²) in [5.41, 5.74) is 3.19. The summed E-state index contributed by atoms with van der Waals surface area (Å²) in [7, 11) is 0. The molecule has 0 spiro atoms. The van der Waals surface area contributed by atoms with Crippen LogP contribution in [0.3, 0.4) is 0 Å². The van der Waals surface area contributed by atoms with Gasteiger partial charge in [0.1, 0.15) is 17.5 Å². The van der Waals surface area contributed by atoms with Crippen LogP contribution < -0.4 is 4.74 Å². The third-order valence-corrected chi connectivity index (χ3v) is 7.00. The number of rotatable bonds is 6. The third kappa shape index (κ3) is 4.26. The predicted octanol–water partition coefficient (Wildman–Crippen LogP) is 4.59. The Morgan fingerprint density at radius 3 is 2.50 bits per heavy atom. The summed E-state index contributed by atoms with van der Waals surface area (Å²) in [6, 6.07) is 19.3. The number of fused-ring (bicyclic) bond motifs is 3. The Hall–Kier alpha value is -2.79. The molecule has 0 atom stereocenters. The number of nitrogens with zero attached hydrogens (tertiary/aromatic N) is 3. The van der Waals surface area contributed by atoms with Crippen molar-refractivity contribution in [2.45, 2.75) is 51.8 Å². The molecule has 1 aromatic heterocycles. The Bertz CT molecular complexity index is 1080. The van der Waals surface area contributed by atoms with Crippen LogP contribution in [0.1, 0.15) is 42.7 Å². The second-order valence-corrected chi connectivity index (χ2v) is 9.38. The van der Waals surface area contributed by atoms with Crippen LogP contribution in [0.25, 0.3) is 10.9 Å². The number of carbonyl (C=O) groups excluding carboxylic acids is 1. The number of aromatic nitrogens is 1. The summed E-state index contributed by atoms with van der Waals surface area (Å²) in [6.07, 6.45) is 3.30. The fourth-order valence-corrected chi connectivity index (χ4v) is 5.05. The third-order valence-electron chi connectivity index (χ3n) is 7.00. The van der Waals surface area contributed by atoms with Gasteiger partial charge in [-0.15, -0.1) is 0 Å². The van der Waals surface area contributed by atoms with Crippen molar-refractivity contribution in [2.24, 2.45) is 0 Å². The highest BCUT2D eigenvalue weighted by Gasteiger charge is 2.27. The second kappa shape index (κ2) is 8.99. The molecule has 5 nitrogen and oxygen atoms in total. The van der Waals surface area contributed by atoms with E-state index in [2.05, 4.69) is 65.8 Å². The van der Waals surface area contributed by atoms with E-state index in [1.54, 1.807) is 0 Å². The van der Waals surface area contributed by atoms with Crippen LogP contribution in [-0.4, -0.2) is 58.6 Å². The van der Waals surface area contributed by atoms with E-state index in [4.69, 9.17) is 4.74 Å². The average Bonchev–Trinajstić information content (AvgIpc) is 3.18. The summed E-state index contributed by atoms with van der Waals surface area (Å²) >= 11 is 0. The van der Waals surface area contributed by atoms with Crippen LogP contribution in [0.4, 0.5) is 0 Å². The van der Waals surface area contributed by atoms with E-state index in [0.29, 0.717) is 6.04 Å². The highest BCUT2D eigenvalue weighted by atomic mass is 16.5. The van der Waals surface area contributed by atoms with Crippen LogP contribution in [0.15, 0.2) is 54.6 Å². The Balaban J connectivity index is 1.27. The molecule has 1 fully saturated rings. The number of hydrogen-bond acceptors (Lipinski definition) is 3. The van der Waals surface area contributed by atoms with E-state index in [1.165, 1.54) is 5.56 Å². The largest absolute Gasteiger partial charge is 0.490 e. The van der Waals surface area contributed by atoms with E-state index in [-0.39, 0.29) is 12.0 Å². The Labute approximate surface area is 190 Å². The van der Waals surface area contributed by atoms with Crippen molar-refractivity contribution >= 4 is 16.8 Å². The van der Waals surface area contributed by atoms with E-state index >= 15 is 0 Å². The lowest BCUT2D eigenvalue weighted by atomic mass is 10.1. The normalized spacial score (nSPS) is 17.8. The molecule has 0 bridgehead atoms. The number of ether oxygens (including phenoxy) is 1. The molecule has 2 aliphatic rings. The van der Waals surface area contributed by atoms with Gasteiger partial charge in [0.05, 0.1) is 0 Å². The molecule has 0 saturated carbocycles. The van der Waals surface area contributed by atoms with Crippen LogP contribution in [0.5, 0.6) is 5.75 Å². The maximum atomic E-state index is 13.2. The molecule has 0 unspecified atom stereocenters. The fraction of sp³-hybridized carbons (Fsp3) is 0.444. The minimum Gasteiger partial charge on any atom is -0.490 e. The summed E-state index contributed by atoms with van der Waals surface area (Å²) < 4.78 is 8.50. The minimum absolute atomic E-state index is 0.131. The van der Waals surface area contributed by atoms with Gasteiger partial charge in [-0.1, -0.05) is 30.3 Å². The number of likely N-dealkylation sites (tertiary alicyclic amines) is 1. The van der Waals surface area contributed by atoms with Gasteiger partial charge < -0.3 is 19.1 Å². The molecule has 0 radical (unpaired) electrons.